The SMILES string of the molecule is CC(C)CSc1cc(Cl)nc(-c2ccccc2)n1. The molecule has 0 aliphatic rings. The van der Waals surface area contributed by atoms with Crippen LogP contribution in [0, 0.1) is 5.92 Å². The molecule has 94 valence electrons. The molecule has 0 spiro atoms. The van der Waals surface area contributed by atoms with Gasteiger partial charge in [-0.3, -0.25) is 0 Å². The summed E-state index contributed by atoms with van der Waals surface area (Å²) in [5.74, 6) is 2.35. The fraction of sp³-hybridized carbons (Fsp3) is 0.286. The Bertz CT molecular complexity index is 514. The van der Waals surface area contributed by atoms with Crippen molar-refractivity contribution in [3.63, 3.8) is 0 Å². The van der Waals surface area contributed by atoms with Gasteiger partial charge in [-0.1, -0.05) is 55.8 Å². The highest BCUT2D eigenvalue weighted by Gasteiger charge is 2.06. The summed E-state index contributed by atoms with van der Waals surface area (Å²) in [5.41, 5.74) is 0.992. The normalized spacial score (nSPS) is 10.9. The number of thioether (sulfide) groups is 1. The number of rotatable bonds is 4. The largest absolute Gasteiger partial charge is 0.222 e. The summed E-state index contributed by atoms with van der Waals surface area (Å²) >= 11 is 7.77. The molecule has 0 saturated heterocycles. The summed E-state index contributed by atoms with van der Waals surface area (Å²) in [6, 6.07) is 11.7. The molecule has 0 radical (unpaired) electrons. The van der Waals surface area contributed by atoms with Crippen LogP contribution in [0.15, 0.2) is 41.4 Å². The average Bonchev–Trinajstić information content (AvgIpc) is 2.37. The van der Waals surface area contributed by atoms with Crippen molar-refractivity contribution >= 4 is 23.4 Å². The third kappa shape index (κ3) is 3.72. The Morgan fingerprint density at radius 3 is 2.56 bits per heavy atom. The van der Waals surface area contributed by atoms with Gasteiger partial charge in [0.2, 0.25) is 0 Å². The molecule has 1 aromatic heterocycles. The minimum absolute atomic E-state index is 0.495. The molecular weight excluding hydrogens is 264 g/mol. The smallest absolute Gasteiger partial charge is 0.162 e. The van der Waals surface area contributed by atoms with E-state index in [1.54, 1.807) is 11.8 Å². The molecule has 0 N–H and O–H groups in total. The number of benzene rings is 1. The van der Waals surface area contributed by atoms with Crippen LogP contribution in [0.25, 0.3) is 11.4 Å². The standard InChI is InChI=1S/C14H15ClN2S/c1-10(2)9-18-13-8-12(15)16-14(17-13)11-6-4-3-5-7-11/h3-8,10H,9H2,1-2H3. The van der Waals surface area contributed by atoms with Gasteiger partial charge in [-0.15, -0.1) is 11.8 Å². The van der Waals surface area contributed by atoms with Crippen LogP contribution >= 0.6 is 23.4 Å². The van der Waals surface area contributed by atoms with Gasteiger partial charge >= 0.3 is 0 Å². The van der Waals surface area contributed by atoms with Crippen molar-refractivity contribution in [1.29, 1.82) is 0 Å². The van der Waals surface area contributed by atoms with E-state index in [0.717, 1.165) is 16.3 Å². The number of aromatic nitrogens is 2. The second-order valence-corrected chi connectivity index (χ2v) is 5.85. The molecule has 0 bridgehead atoms. The van der Waals surface area contributed by atoms with Gasteiger partial charge in [-0.05, 0) is 5.92 Å². The maximum atomic E-state index is 6.05. The number of hydrogen-bond acceptors (Lipinski definition) is 3. The van der Waals surface area contributed by atoms with Crippen LogP contribution < -0.4 is 0 Å². The number of hydrogen-bond donors (Lipinski definition) is 0. The van der Waals surface area contributed by atoms with Gasteiger partial charge in [0.15, 0.2) is 5.82 Å². The van der Waals surface area contributed by atoms with Crippen molar-refractivity contribution in [3.05, 3.63) is 41.6 Å². The topological polar surface area (TPSA) is 25.8 Å². The molecule has 4 heteroatoms. The average molecular weight is 279 g/mol. The second-order valence-electron chi connectivity index (χ2n) is 4.42. The molecule has 0 aliphatic carbocycles. The first kappa shape index (κ1) is 13.4. The first-order chi connectivity index (χ1) is 8.65. The van der Waals surface area contributed by atoms with E-state index in [0.29, 0.717) is 16.9 Å². The molecule has 2 rings (SSSR count). The lowest BCUT2D eigenvalue weighted by molar-refractivity contribution is 0.749. The zero-order chi connectivity index (χ0) is 13.0. The quantitative estimate of drug-likeness (QED) is 0.606. The summed E-state index contributed by atoms with van der Waals surface area (Å²) in [6.07, 6.45) is 0. The molecule has 2 aromatic rings. The van der Waals surface area contributed by atoms with Crippen molar-refractivity contribution in [2.24, 2.45) is 5.92 Å². The van der Waals surface area contributed by atoms with Crippen LogP contribution in [-0.4, -0.2) is 15.7 Å². The Morgan fingerprint density at radius 1 is 1.17 bits per heavy atom. The molecule has 1 heterocycles. The highest BCUT2D eigenvalue weighted by Crippen LogP contribution is 2.24. The maximum Gasteiger partial charge on any atom is 0.162 e. The van der Waals surface area contributed by atoms with E-state index in [2.05, 4.69) is 23.8 Å². The third-order valence-corrected chi connectivity index (χ3v) is 3.80. The van der Waals surface area contributed by atoms with Crippen molar-refractivity contribution in [3.8, 4) is 11.4 Å². The first-order valence-corrected chi connectivity index (χ1v) is 7.24. The van der Waals surface area contributed by atoms with Gasteiger partial charge in [0, 0.05) is 17.4 Å². The van der Waals surface area contributed by atoms with Gasteiger partial charge in [0.05, 0.1) is 0 Å². The van der Waals surface area contributed by atoms with Crippen LogP contribution in [-0.2, 0) is 0 Å². The van der Waals surface area contributed by atoms with E-state index in [9.17, 15) is 0 Å². The summed E-state index contributed by atoms with van der Waals surface area (Å²) in [7, 11) is 0. The monoisotopic (exact) mass is 278 g/mol. The van der Waals surface area contributed by atoms with E-state index in [1.807, 2.05) is 36.4 Å². The summed E-state index contributed by atoms with van der Waals surface area (Å²) in [5, 5.41) is 1.43. The molecular formula is C14H15ClN2S. The van der Waals surface area contributed by atoms with Crippen LogP contribution in [0.4, 0.5) is 0 Å². The number of halogens is 1. The van der Waals surface area contributed by atoms with Gasteiger partial charge in [-0.25, -0.2) is 9.97 Å². The van der Waals surface area contributed by atoms with Crippen LogP contribution in [0.3, 0.4) is 0 Å². The lowest BCUT2D eigenvalue weighted by Crippen LogP contribution is -1.95. The highest BCUT2D eigenvalue weighted by molar-refractivity contribution is 7.99. The molecule has 0 atom stereocenters. The molecule has 0 amide bonds. The fourth-order valence-electron chi connectivity index (χ4n) is 1.44. The van der Waals surface area contributed by atoms with E-state index >= 15 is 0 Å². The zero-order valence-corrected chi connectivity index (χ0v) is 12.0. The van der Waals surface area contributed by atoms with Crippen molar-refractivity contribution in [2.45, 2.75) is 18.9 Å². The van der Waals surface area contributed by atoms with E-state index in [4.69, 9.17) is 11.6 Å². The lowest BCUT2D eigenvalue weighted by Gasteiger charge is -2.06. The second kappa shape index (κ2) is 6.21. The predicted octanol–water partition coefficient (Wildman–Crippen LogP) is 4.55. The predicted molar refractivity (Wildman–Crippen MR) is 78.0 cm³/mol. The molecule has 0 aliphatic heterocycles. The van der Waals surface area contributed by atoms with Gasteiger partial charge in [0.25, 0.3) is 0 Å². The molecule has 0 unspecified atom stereocenters. The van der Waals surface area contributed by atoms with E-state index in [1.165, 1.54) is 0 Å². The lowest BCUT2D eigenvalue weighted by atomic mass is 10.2. The maximum absolute atomic E-state index is 6.05. The van der Waals surface area contributed by atoms with Crippen LogP contribution in [0.1, 0.15) is 13.8 Å². The minimum atomic E-state index is 0.495. The zero-order valence-electron chi connectivity index (χ0n) is 10.4. The minimum Gasteiger partial charge on any atom is -0.222 e. The van der Waals surface area contributed by atoms with E-state index in [-0.39, 0.29) is 0 Å². The Hall–Kier alpha value is -1.06. The van der Waals surface area contributed by atoms with Crippen molar-refractivity contribution in [1.82, 2.24) is 9.97 Å². The van der Waals surface area contributed by atoms with E-state index < -0.39 is 0 Å². The Morgan fingerprint density at radius 2 is 1.89 bits per heavy atom. The molecule has 18 heavy (non-hydrogen) atoms. The molecule has 2 nitrogen and oxygen atoms in total. The summed E-state index contributed by atoms with van der Waals surface area (Å²) in [4.78, 5) is 8.82. The van der Waals surface area contributed by atoms with Gasteiger partial charge < -0.3 is 0 Å². The highest BCUT2D eigenvalue weighted by atomic mass is 35.5. The Balaban J connectivity index is 2.27. The van der Waals surface area contributed by atoms with Crippen LogP contribution in [0.5, 0.6) is 0 Å². The summed E-state index contributed by atoms with van der Waals surface area (Å²) in [6.45, 7) is 4.38. The summed E-state index contributed by atoms with van der Waals surface area (Å²) < 4.78 is 0. The van der Waals surface area contributed by atoms with Crippen molar-refractivity contribution in [2.75, 3.05) is 5.75 Å². The Kier molecular flexibility index (Phi) is 4.61. The number of nitrogens with zero attached hydrogens (tertiary/aromatic N) is 2. The Labute approximate surface area is 117 Å². The van der Waals surface area contributed by atoms with Crippen LogP contribution in [0.2, 0.25) is 5.15 Å². The van der Waals surface area contributed by atoms with Crippen molar-refractivity contribution < 1.29 is 0 Å². The molecule has 0 fully saturated rings. The molecule has 1 aromatic carbocycles. The first-order valence-electron chi connectivity index (χ1n) is 5.88. The van der Waals surface area contributed by atoms with Gasteiger partial charge in [-0.2, -0.15) is 0 Å². The third-order valence-electron chi connectivity index (χ3n) is 2.27. The van der Waals surface area contributed by atoms with Gasteiger partial charge in [0.1, 0.15) is 10.2 Å². The molecule has 0 saturated carbocycles. The fourth-order valence-corrected chi connectivity index (χ4v) is 2.54.